The van der Waals surface area contributed by atoms with Crippen LogP contribution in [0.2, 0.25) is 0 Å². The molecule has 1 N–H and O–H groups in total. The lowest BCUT2D eigenvalue weighted by molar-refractivity contribution is -0.136. The van der Waals surface area contributed by atoms with Gasteiger partial charge in [-0.25, -0.2) is 0 Å². The van der Waals surface area contributed by atoms with Gasteiger partial charge in [0.1, 0.15) is 0 Å². The maximum Gasteiger partial charge on any atom is 0.227 e. The quantitative estimate of drug-likeness (QED) is 0.930. The van der Waals surface area contributed by atoms with Gasteiger partial charge in [0, 0.05) is 13.6 Å². The number of hydrogen-bond acceptors (Lipinski definition) is 2. The highest BCUT2D eigenvalue weighted by atomic mass is 35.5. The van der Waals surface area contributed by atoms with E-state index in [0.29, 0.717) is 0 Å². The molecular weight excluding hydrogens is 272 g/mol. The Morgan fingerprint density at radius 2 is 2.00 bits per heavy atom. The van der Waals surface area contributed by atoms with Gasteiger partial charge in [-0.3, -0.25) is 4.79 Å². The van der Waals surface area contributed by atoms with Gasteiger partial charge < -0.3 is 10.2 Å². The zero-order valence-electron chi connectivity index (χ0n) is 12.6. The molecule has 1 saturated heterocycles. The summed E-state index contributed by atoms with van der Waals surface area (Å²) in [5.74, 6) is 0.409. The Hall–Kier alpha value is -1.06. The Morgan fingerprint density at radius 1 is 1.35 bits per heavy atom. The van der Waals surface area contributed by atoms with E-state index >= 15 is 0 Å². The molecule has 0 saturated carbocycles. The summed E-state index contributed by atoms with van der Waals surface area (Å²) in [6, 6.07) is 8.57. The molecule has 0 aromatic heterocycles. The lowest BCUT2D eigenvalue weighted by atomic mass is 9.96. The van der Waals surface area contributed by atoms with E-state index in [0.717, 1.165) is 25.9 Å². The summed E-state index contributed by atoms with van der Waals surface area (Å²) < 4.78 is 0. The van der Waals surface area contributed by atoms with Crippen molar-refractivity contribution in [3.8, 4) is 0 Å². The van der Waals surface area contributed by atoms with Gasteiger partial charge in [0.15, 0.2) is 0 Å². The number of carbonyl (C=O) groups excluding carboxylic acids is 1. The Bertz CT molecular complexity index is 427. The summed E-state index contributed by atoms with van der Waals surface area (Å²) in [4.78, 5) is 14.4. The number of amides is 1. The molecule has 0 bridgehead atoms. The van der Waals surface area contributed by atoms with Gasteiger partial charge in [0.2, 0.25) is 5.91 Å². The van der Waals surface area contributed by atoms with E-state index < -0.39 is 0 Å². The van der Waals surface area contributed by atoms with E-state index in [2.05, 4.69) is 43.4 Å². The van der Waals surface area contributed by atoms with Gasteiger partial charge in [-0.2, -0.15) is 0 Å². The fraction of sp³-hybridized carbons (Fsp3) is 0.562. The number of rotatable bonds is 3. The summed E-state index contributed by atoms with van der Waals surface area (Å²) in [6.07, 6.45) is 2.11. The van der Waals surface area contributed by atoms with Gasteiger partial charge in [-0.05, 0) is 38.8 Å². The third-order valence-corrected chi connectivity index (χ3v) is 4.13. The number of aryl methyl sites for hydroxylation is 1. The molecular formula is C16H25ClN2O. The summed E-state index contributed by atoms with van der Waals surface area (Å²) in [7, 11) is 1.92. The minimum Gasteiger partial charge on any atom is -0.339 e. The van der Waals surface area contributed by atoms with Crippen molar-refractivity contribution < 1.29 is 4.79 Å². The summed E-state index contributed by atoms with van der Waals surface area (Å²) in [5.41, 5.74) is 2.45. The Labute approximate surface area is 128 Å². The molecule has 0 radical (unpaired) electrons. The first-order chi connectivity index (χ1) is 9.09. The van der Waals surface area contributed by atoms with E-state index in [1.165, 1.54) is 11.1 Å². The van der Waals surface area contributed by atoms with Crippen LogP contribution in [0.1, 0.15) is 36.9 Å². The van der Waals surface area contributed by atoms with Crippen LogP contribution in [0, 0.1) is 12.8 Å². The van der Waals surface area contributed by atoms with Gasteiger partial charge in [0.25, 0.3) is 0 Å². The molecule has 1 aromatic rings. The number of halogens is 1. The van der Waals surface area contributed by atoms with Gasteiger partial charge >= 0.3 is 0 Å². The molecule has 112 valence electrons. The maximum absolute atomic E-state index is 12.5. The van der Waals surface area contributed by atoms with Crippen molar-refractivity contribution in [1.29, 1.82) is 0 Å². The average molecular weight is 297 g/mol. The summed E-state index contributed by atoms with van der Waals surface area (Å²) >= 11 is 0. The fourth-order valence-electron chi connectivity index (χ4n) is 2.61. The fourth-order valence-corrected chi connectivity index (χ4v) is 2.61. The molecule has 1 heterocycles. The van der Waals surface area contributed by atoms with Crippen LogP contribution in [-0.2, 0) is 4.79 Å². The molecule has 1 aromatic carbocycles. The normalized spacial score (nSPS) is 19.9. The number of hydrogen-bond donors (Lipinski definition) is 1. The Kier molecular flexibility index (Phi) is 6.50. The van der Waals surface area contributed by atoms with Crippen LogP contribution in [-0.4, -0.2) is 30.9 Å². The summed E-state index contributed by atoms with van der Waals surface area (Å²) in [6.45, 7) is 6.04. The SMILES string of the molecule is Cc1ccc(C(C)N(C)C(=O)C2CCCNC2)cc1.Cl. The minimum absolute atomic E-state index is 0. The van der Waals surface area contributed by atoms with Crippen LogP contribution < -0.4 is 5.32 Å². The summed E-state index contributed by atoms with van der Waals surface area (Å²) in [5, 5.41) is 3.31. The molecule has 0 aliphatic carbocycles. The molecule has 2 rings (SSSR count). The molecule has 1 fully saturated rings. The number of benzene rings is 1. The number of carbonyl (C=O) groups is 1. The second-order valence-electron chi connectivity index (χ2n) is 5.58. The molecule has 0 spiro atoms. The van der Waals surface area contributed by atoms with E-state index in [-0.39, 0.29) is 30.3 Å². The van der Waals surface area contributed by atoms with Crippen molar-refractivity contribution in [2.24, 2.45) is 5.92 Å². The highest BCUT2D eigenvalue weighted by molar-refractivity contribution is 5.85. The van der Waals surface area contributed by atoms with Gasteiger partial charge in [0.05, 0.1) is 12.0 Å². The lowest BCUT2D eigenvalue weighted by Gasteiger charge is -2.31. The van der Waals surface area contributed by atoms with Crippen molar-refractivity contribution in [2.75, 3.05) is 20.1 Å². The second kappa shape index (κ2) is 7.65. The van der Waals surface area contributed by atoms with Crippen molar-refractivity contribution in [3.05, 3.63) is 35.4 Å². The Balaban J connectivity index is 0.00000200. The van der Waals surface area contributed by atoms with Crippen LogP contribution in [0.3, 0.4) is 0 Å². The largest absolute Gasteiger partial charge is 0.339 e. The second-order valence-corrected chi connectivity index (χ2v) is 5.58. The van der Waals surface area contributed by atoms with Crippen LogP contribution in [0.15, 0.2) is 24.3 Å². The van der Waals surface area contributed by atoms with E-state index in [9.17, 15) is 4.79 Å². The van der Waals surface area contributed by atoms with Crippen molar-refractivity contribution >= 4 is 18.3 Å². The topological polar surface area (TPSA) is 32.3 Å². The Morgan fingerprint density at radius 3 is 2.55 bits per heavy atom. The third kappa shape index (κ3) is 3.97. The van der Waals surface area contributed by atoms with Crippen LogP contribution in [0.5, 0.6) is 0 Å². The zero-order valence-corrected chi connectivity index (χ0v) is 13.4. The maximum atomic E-state index is 12.5. The smallest absolute Gasteiger partial charge is 0.227 e. The molecule has 2 atom stereocenters. The highest BCUT2D eigenvalue weighted by Gasteiger charge is 2.26. The van der Waals surface area contributed by atoms with Crippen LogP contribution in [0.25, 0.3) is 0 Å². The van der Waals surface area contributed by atoms with E-state index in [4.69, 9.17) is 0 Å². The predicted octanol–water partition coefficient (Wildman–Crippen LogP) is 2.94. The lowest BCUT2D eigenvalue weighted by Crippen LogP contribution is -2.42. The van der Waals surface area contributed by atoms with Crippen molar-refractivity contribution in [1.82, 2.24) is 10.2 Å². The molecule has 20 heavy (non-hydrogen) atoms. The van der Waals surface area contributed by atoms with E-state index in [1.54, 1.807) is 0 Å². The molecule has 2 unspecified atom stereocenters. The van der Waals surface area contributed by atoms with Crippen LogP contribution >= 0.6 is 12.4 Å². The first kappa shape index (κ1) is 17.0. The molecule has 1 aliphatic heterocycles. The van der Waals surface area contributed by atoms with Gasteiger partial charge in [-0.15, -0.1) is 12.4 Å². The predicted molar refractivity (Wildman–Crippen MR) is 85.2 cm³/mol. The van der Waals surface area contributed by atoms with Gasteiger partial charge in [-0.1, -0.05) is 29.8 Å². The monoisotopic (exact) mass is 296 g/mol. The molecule has 1 amide bonds. The van der Waals surface area contributed by atoms with Crippen molar-refractivity contribution in [3.63, 3.8) is 0 Å². The number of nitrogens with zero attached hydrogens (tertiary/aromatic N) is 1. The van der Waals surface area contributed by atoms with E-state index in [1.807, 2.05) is 11.9 Å². The highest BCUT2D eigenvalue weighted by Crippen LogP contribution is 2.22. The van der Waals surface area contributed by atoms with Crippen LogP contribution in [0.4, 0.5) is 0 Å². The molecule has 3 nitrogen and oxygen atoms in total. The molecule has 4 heteroatoms. The zero-order chi connectivity index (χ0) is 13.8. The first-order valence-corrected chi connectivity index (χ1v) is 7.13. The van der Waals surface area contributed by atoms with Crippen molar-refractivity contribution in [2.45, 2.75) is 32.7 Å². The number of nitrogens with one attached hydrogen (secondary N) is 1. The standard InChI is InChI=1S/C16H24N2O.ClH/c1-12-6-8-14(9-7-12)13(2)18(3)16(19)15-5-4-10-17-11-15;/h6-9,13,15,17H,4-5,10-11H2,1-3H3;1H. The minimum atomic E-state index is 0. The average Bonchev–Trinajstić information content (AvgIpc) is 2.46. The third-order valence-electron chi connectivity index (χ3n) is 4.13. The first-order valence-electron chi connectivity index (χ1n) is 7.13. The number of piperidine rings is 1. The molecule has 1 aliphatic rings.